The fraction of sp³-hybridized carbons (Fsp3) is 0.899. The van der Waals surface area contributed by atoms with Gasteiger partial charge in [-0.1, -0.05) is 336 Å². The molecule has 98 heavy (non-hydrogen) atoms. The number of allylic oxidation sites excluding steroid dienone is 4. The lowest BCUT2D eigenvalue weighted by Crippen LogP contribution is -2.30. The minimum absolute atomic E-state index is 0.101. The number of unbranched alkanes of at least 4 members (excludes halogenated alkanes) is 42. The van der Waals surface area contributed by atoms with Crippen LogP contribution in [0.3, 0.4) is 0 Å². The second kappa shape index (κ2) is 70.2. The molecule has 0 aliphatic rings. The van der Waals surface area contributed by atoms with Gasteiger partial charge in [-0.2, -0.15) is 0 Å². The molecule has 0 bridgehead atoms. The third kappa shape index (κ3) is 70.6. The Morgan fingerprint density at radius 3 is 0.918 bits per heavy atom. The number of rotatable bonds is 76. The van der Waals surface area contributed by atoms with Gasteiger partial charge in [-0.3, -0.25) is 37.3 Å². The Hall–Kier alpha value is -2.46. The van der Waals surface area contributed by atoms with Crippen LogP contribution >= 0.6 is 15.6 Å². The van der Waals surface area contributed by atoms with E-state index in [1.165, 1.54) is 180 Å². The number of aliphatic hydroxyl groups is 1. The van der Waals surface area contributed by atoms with Gasteiger partial charge < -0.3 is 33.8 Å². The Morgan fingerprint density at radius 1 is 0.337 bits per heavy atom. The van der Waals surface area contributed by atoms with E-state index in [9.17, 15) is 43.2 Å². The number of ether oxygens (including phenoxy) is 4. The number of hydrogen-bond donors (Lipinski definition) is 3. The second-order valence-electron chi connectivity index (χ2n) is 28.5. The molecule has 0 aliphatic heterocycles. The lowest BCUT2D eigenvalue weighted by atomic mass is 10.00. The van der Waals surface area contributed by atoms with Crippen LogP contribution in [0.2, 0.25) is 0 Å². The number of esters is 4. The molecule has 6 atom stereocenters. The summed E-state index contributed by atoms with van der Waals surface area (Å²) in [5.41, 5.74) is 0. The van der Waals surface area contributed by atoms with Crippen molar-refractivity contribution >= 4 is 39.5 Å². The fourth-order valence-corrected chi connectivity index (χ4v) is 13.2. The van der Waals surface area contributed by atoms with Crippen molar-refractivity contribution in [1.82, 2.24) is 0 Å². The molecule has 0 amide bonds. The molecule has 0 saturated heterocycles. The van der Waals surface area contributed by atoms with Crippen LogP contribution in [0.5, 0.6) is 0 Å². The first-order valence-electron chi connectivity index (χ1n) is 40.3. The first kappa shape index (κ1) is 95.5. The number of phosphoric acid groups is 2. The van der Waals surface area contributed by atoms with E-state index >= 15 is 0 Å². The normalized spacial score (nSPS) is 14.4. The Balaban J connectivity index is 5.28. The molecule has 0 saturated carbocycles. The highest BCUT2D eigenvalue weighted by molar-refractivity contribution is 7.47. The SMILES string of the molecule is CCCCCC/C=C\C=C/CCCCCCCC(=O)OC[C@H](COP(=O)(O)OC[C@@H](O)COP(=O)(O)OC[C@@H](COC(=O)CCCCCCCCC(C)CC)OC(=O)CCCCCCCCCCCCCCCCC)OC(=O)CCCCCCCCCCCCCCCCCC(C)C. The molecule has 19 heteroatoms. The Morgan fingerprint density at radius 2 is 0.602 bits per heavy atom. The van der Waals surface area contributed by atoms with Crippen molar-refractivity contribution < 1.29 is 80.2 Å². The highest BCUT2D eigenvalue weighted by atomic mass is 31.2. The second-order valence-corrected chi connectivity index (χ2v) is 31.4. The van der Waals surface area contributed by atoms with Gasteiger partial charge in [0, 0.05) is 25.7 Å². The third-order valence-electron chi connectivity index (χ3n) is 18.2. The van der Waals surface area contributed by atoms with Crippen molar-refractivity contribution in [3.63, 3.8) is 0 Å². The maximum atomic E-state index is 13.1. The van der Waals surface area contributed by atoms with Gasteiger partial charge in [-0.15, -0.1) is 0 Å². The van der Waals surface area contributed by atoms with Gasteiger partial charge in [0.15, 0.2) is 12.2 Å². The molecule has 3 N–H and O–H groups in total. The summed E-state index contributed by atoms with van der Waals surface area (Å²) < 4.78 is 68.6. The maximum Gasteiger partial charge on any atom is 0.472 e. The predicted molar refractivity (Wildman–Crippen MR) is 400 cm³/mol. The summed E-state index contributed by atoms with van der Waals surface area (Å²) >= 11 is 0. The van der Waals surface area contributed by atoms with Gasteiger partial charge in [0.05, 0.1) is 26.4 Å². The summed E-state index contributed by atoms with van der Waals surface area (Å²) in [6.07, 6.45) is 61.8. The summed E-state index contributed by atoms with van der Waals surface area (Å²) in [7, 11) is -9.93. The zero-order valence-electron chi connectivity index (χ0n) is 63.6. The highest BCUT2D eigenvalue weighted by Gasteiger charge is 2.30. The van der Waals surface area contributed by atoms with Gasteiger partial charge in [0.1, 0.15) is 19.3 Å². The van der Waals surface area contributed by atoms with Crippen LogP contribution in [-0.4, -0.2) is 96.7 Å². The number of hydrogen-bond acceptors (Lipinski definition) is 15. The van der Waals surface area contributed by atoms with Crippen molar-refractivity contribution in [3.05, 3.63) is 24.3 Å². The summed E-state index contributed by atoms with van der Waals surface area (Å²) in [4.78, 5) is 72.9. The van der Waals surface area contributed by atoms with Gasteiger partial charge in [-0.05, 0) is 63.2 Å². The Kier molecular flexibility index (Phi) is 68.5. The van der Waals surface area contributed by atoms with E-state index in [2.05, 4.69) is 65.8 Å². The summed E-state index contributed by atoms with van der Waals surface area (Å²) in [6.45, 7) is 9.54. The fourth-order valence-electron chi connectivity index (χ4n) is 11.6. The summed E-state index contributed by atoms with van der Waals surface area (Å²) in [5, 5.41) is 10.6. The molecule has 0 radical (unpaired) electrons. The highest BCUT2D eigenvalue weighted by Crippen LogP contribution is 2.45. The molecular formula is C79H150O17P2. The van der Waals surface area contributed by atoms with E-state index in [1.54, 1.807) is 0 Å². The van der Waals surface area contributed by atoms with Crippen molar-refractivity contribution in [3.8, 4) is 0 Å². The molecule has 0 spiro atoms. The van der Waals surface area contributed by atoms with E-state index in [4.69, 9.17) is 37.0 Å². The van der Waals surface area contributed by atoms with Crippen LogP contribution in [0.1, 0.15) is 388 Å². The lowest BCUT2D eigenvalue weighted by molar-refractivity contribution is -0.161. The minimum atomic E-state index is -4.97. The van der Waals surface area contributed by atoms with E-state index in [1.807, 2.05) is 0 Å². The van der Waals surface area contributed by atoms with E-state index in [0.29, 0.717) is 25.7 Å². The smallest absolute Gasteiger partial charge is 0.462 e. The summed E-state index contributed by atoms with van der Waals surface area (Å²) in [6, 6.07) is 0. The van der Waals surface area contributed by atoms with Gasteiger partial charge in [0.25, 0.3) is 0 Å². The summed E-state index contributed by atoms with van der Waals surface area (Å²) in [5.74, 6) is -0.612. The number of carbonyl (C=O) groups excluding carboxylic acids is 4. The first-order chi connectivity index (χ1) is 47.4. The van der Waals surface area contributed by atoms with Crippen molar-refractivity contribution in [2.24, 2.45) is 11.8 Å². The van der Waals surface area contributed by atoms with Gasteiger partial charge in [0.2, 0.25) is 0 Å². The largest absolute Gasteiger partial charge is 0.472 e. The Bertz CT molecular complexity index is 1990. The van der Waals surface area contributed by atoms with Gasteiger partial charge in [-0.25, -0.2) is 9.13 Å². The van der Waals surface area contributed by atoms with E-state index in [-0.39, 0.29) is 25.7 Å². The zero-order chi connectivity index (χ0) is 72.1. The molecule has 3 unspecified atom stereocenters. The maximum absolute atomic E-state index is 13.1. The third-order valence-corrected chi connectivity index (χ3v) is 20.1. The van der Waals surface area contributed by atoms with Crippen molar-refractivity contribution in [1.29, 1.82) is 0 Å². The lowest BCUT2D eigenvalue weighted by Gasteiger charge is -2.21. The monoisotopic (exact) mass is 1430 g/mol. The van der Waals surface area contributed by atoms with Crippen LogP contribution < -0.4 is 0 Å². The standard InChI is InChI=1S/C79H150O17P2/c1-7-10-12-14-16-18-20-22-25-30-34-38-42-49-55-61-76(81)89-67-74(95-78(83)63-58-52-44-40-36-32-28-24-27-29-33-37-41-47-53-59-71(4)5)69-93-97(85,86)91-65-73(80)66-92-98(87,88)94-70-75(68-90-77(82)62-56-50-46-45-48-54-60-72(6)9-3)96-79(84)64-57-51-43-39-35-31-26-23-21-19-17-15-13-11-8-2/h18,20,22,25,71-75,80H,7-17,19,21,23-24,26-70H2,1-6H3,(H,85,86)(H,87,88)/b20-18-,25-22-/t72?,73-,74-,75-/m1/s1. The topological polar surface area (TPSA) is 237 Å². The quantitative estimate of drug-likeness (QED) is 0.0169. The molecule has 17 nitrogen and oxygen atoms in total. The Labute approximate surface area is 599 Å². The molecule has 578 valence electrons. The molecule has 0 aromatic carbocycles. The molecule has 0 aromatic rings. The zero-order valence-corrected chi connectivity index (χ0v) is 65.4. The number of carbonyl (C=O) groups is 4. The molecule has 0 rings (SSSR count). The minimum Gasteiger partial charge on any atom is -0.462 e. The molecule has 0 heterocycles. The molecular weight excluding hydrogens is 1280 g/mol. The molecule has 0 aromatic heterocycles. The number of phosphoric ester groups is 2. The van der Waals surface area contributed by atoms with Crippen LogP contribution in [-0.2, 0) is 65.4 Å². The van der Waals surface area contributed by atoms with Crippen LogP contribution in [0.25, 0.3) is 0 Å². The molecule has 0 aliphatic carbocycles. The van der Waals surface area contributed by atoms with Gasteiger partial charge >= 0.3 is 39.5 Å². The average molecular weight is 1430 g/mol. The van der Waals surface area contributed by atoms with Crippen molar-refractivity contribution in [2.75, 3.05) is 39.6 Å². The first-order valence-corrected chi connectivity index (χ1v) is 43.3. The predicted octanol–water partition coefficient (Wildman–Crippen LogP) is 23.1. The molecule has 0 fully saturated rings. The van der Waals surface area contributed by atoms with Crippen molar-refractivity contribution in [2.45, 2.75) is 407 Å². The van der Waals surface area contributed by atoms with Crippen LogP contribution in [0, 0.1) is 11.8 Å². The van der Waals surface area contributed by atoms with E-state index < -0.39 is 97.5 Å². The van der Waals surface area contributed by atoms with Crippen LogP contribution in [0.4, 0.5) is 0 Å². The average Bonchev–Trinajstić information content (AvgIpc) is 0.969. The van der Waals surface area contributed by atoms with Crippen LogP contribution in [0.15, 0.2) is 24.3 Å². The number of aliphatic hydroxyl groups excluding tert-OH is 1. The van der Waals surface area contributed by atoms with E-state index in [0.717, 1.165) is 127 Å².